The molecule has 5 heteroatoms. The van der Waals surface area contributed by atoms with E-state index in [4.69, 9.17) is 0 Å². The molecule has 0 spiro atoms. The summed E-state index contributed by atoms with van der Waals surface area (Å²) < 4.78 is 0. The SMILES string of the molecule is Cc1cccc(CNC(=O)CCc2nc(-c3ccncc3)cs2)c1. The number of rotatable bonds is 6. The summed E-state index contributed by atoms with van der Waals surface area (Å²) in [5.41, 5.74) is 4.32. The third-order valence-corrected chi connectivity index (χ3v) is 4.57. The van der Waals surface area contributed by atoms with Crippen molar-refractivity contribution in [1.82, 2.24) is 15.3 Å². The van der Waals surface area contributed by atoms with E-state index in [9.17, 15) is 4.79 Å². The summed E-state index contributed by atoms with van der Waals surface area (Å²) in [6.45, 7) is 2.62. The monoisotopic (exact) mass is 337 g/mol. The molecule has 0 fully saturated rings. The highest BCUT2D eigenvalue weighted by Gasteiger charge is 2.07. The number of nitrogens with one attached hydrogen (secondary N) is 1. The summed E-state index contributed by atoms with van der Waals surface area (Å²) in [5, 5.41) is 5.97. The van der Waals surface area contributed by atoms with Crippen LogP contribution in [0.25, 0.3) is 11.3 Å². The highest BCUT2D eigenvalue weighted by Crippen LogP contribution is 2.21. The Kier molecular flexibility index (Phi) is 5.33. The van der Waals surface area contributed by atoms with Crippen LogP contribution in [-0.4, -0.2) is 15.9 Å². The molecule has 3 aromatic rings. The lowest BCUT2D eigenvalue weighted by molar-refractivity contribution is -0.121. The van der Waals surface area contributed by atoms with Gasteiger partial charge >= 0.3 is 0 Å². The summed E-state index contributed by atoms with van der Waals surface area (Å²) in [6, 6.07) is 12.0. The Balaban J connectivity index is 1.49. The fourth-order valence-electron chi connectivity index (χ4n) is 2.41. The van der Waals surface area contributed by atoms with Gasteiger partial charge in [-0.2, -0.15) is 0 Å². The number of aryl methyl sites for hydroxylation is 2. The van der Waals surface area contributed by atoms with E-state index in [1.807, 2.05) is 42.6 Å². The molecule has 2 heterocycles. The zero-order valence-corrected chi connectivity index (χ0v) is 14.3. The highest BCUT2D eigenvalue weighted by atomic mass is 32.1. The smallest absolute Gasteiger partial charge is 0.220 e. The second-order valence-corrected chi connectivity index (χ2v) is 6.57. The molecule has 4 nitrogen and oxygen atoms in total. The molecular formula is C19H19N3OS. The van der Waals surface area contributed by atoms with Crippen LogP contribution < -0.4 is 5.32 Å². The van der Waals surface area contributed by atoms with E-state index >= 15 is 0 Å². The van der Waals surface area contributed by atoms with Crippen LogP contribution in [0, 0.1) is 6.92 Å². The molecule has 0 aliphatic rings. The number of benzene rings is 1. The summed E-state index contributed by atoms with van der Waals surface area (Å²) in [7, 11) is 0. The van der Waals surface area contributed by atoms with Gasteiger partial charge in [0.05, 0.1) is 10.7 Å². The number of thiazole rings is 1. The molecule has 0 saturated heterocycles. The second-order valence-electron chi connectivity index (χ2n) is 5.63. The van der Waals surface area contributed by atoms with Gasteiger partial charge in [-0.15, -0.1) is 11.3 Å². The lowest BCUT2D eigenvalue weighted by Crippen LogP contribution is -2.23. The molecule has 0 aliphatic carbocycles. The Morgan fingerprint density at radius 1 is 1.21 bits per heavy atom. The van der Waals surface area contributed by atoms with E-state index in [1.54, 1.807) is 23.7 Å². The second kappa shape index (κ2) is 7.84. The zero-order chi connectivity index (χ0) is 16.8. The molecule has 0 unspecified atom stereocenters. The van der Waals surface area contributed by atoms with Gasteiger partial charge in [-0.05, 0) is 24.6 Å². The lowest BCUT2D eigenvalue weighted by Gasteiger charge is -2.05. The molecule has 2 aromatic heterocycles. The first-order valence-electron chi connectivity index (χ1n) is 7.88. The Bertz CT molecular complexity index is 814. The van der Waals surface area contributed by atoms with Gasteiger partial charge < -0.3 is 5.32 Å². The minimum absolute atomic E-state index is 0.0529. The zero-order valence-electron chi connectivity index (χ0n) is 13.5. The van der Waals surface area contributed by atoms with Crippen molar-refractivity contribution < 1.29 is 4.79 Å². The van der Waals surface area contributed by atoms with Gasteiger partial charge in [0.25, 0.3) is 0 Å². The molecule has 24 heavy (non-hydrogen) atoms. The quantitative estimate of drug-likeness (QED) is 0.745. The van der Waals surface area contributed by atoms with Gasteiger partial charge in [0, 0.05) is 42.7 Å². The van der Waals surface area contributed by atoms with Gasteiger partial charge in [-0.1, -0.05) is 29.8 Å². The molecule has 3 rings (SSSR count). The van der Waals surface area contributed by atoms with Crippen molar-refractivity contribution in [2.75, 3.05) is 0 Å². The Morgan fingerprint density at radius 3 is 2.83 bits per heavy atom. The number of hydrogen-bond acceptors (Lipinski definition) is 4. The maximum Gasteiger partial charge on any atom is 0.220 e. The van der Waals surface area contributed by atoms with Crippen molar-refractivity contribution >= 4 is 17.2 Å². The van der Waals surface area contributed by atoms with Crippen molar-refractivity contribution in [2.45, 2.75) is 26.3 Å². The third kappa shape index (κ3) is 4.49. The normalized spacial score (nSPS) is 10.5. The van der Waals surface area contributed by atoms with Crippen LogP contribution in [0.4, 0.5) is 0 Å². The standard InChI is InChI=1S/C19H19N3OS/c1-14-3-2-4-15(11-14)12-21-18(23)5-6-19-22-17(13-24-19)16-7-9-20-10-8-16/h2-4,7-11,13H,5-6,12H2,1H3,(H,21,23). The Hall–Kier alpha value is -2.53. The summed E-state index contributed by atoms with van der Waals surface area (Å²) in [6.07, 6.45) is 4.63. The first-order valence-corrected chi connectivity index (χ1v) is 8.76. The maximum atomic E-state index is 12.0. The summed E-state index contributed by atoms with van der Waals surface area (Å²) in [5.74, 6) is 0.0529. The van der Waals surface area contributed by atoms with Crippen LogP contribution in [0.3, 0.4) is 0 Å². The topological polar surface area (TPSA) is 54.9 Å². The molecule has 1 amide bonds. The molecule has 0 radical (unpaired) electrons. The Labute approximate surface area is 145 Å². The molecule has 1 aromatic carbocycles. The number of pyridine rings is 1. The van der Waals surface area contributed by atoms with Crippen LogP contribution >= 0.6 is 11.3 Å². The third-order valence-electron chi connectivity index (χ3n) is 3.67. The number of nitrogens with zero attached hydrogens (tertiary/aromatic N) is 2. The molecule has 122 valence electrons. The van der Waals surface area contributed by atoms with Gasteiger partial charge in [-0.25, -0.2) is 4.98 Å². The lowest BCUT2D eigenvalue weighted by atomic mass is 10.1. The van der Waals surface area contributed by atoms with Gasteiger partial charge in [0.2, 0.25) is 5.91 Å². The van der Waals surface area contributed by atoms with E-state index < -0.39 is 0 Å². The van der Waals surface area contributed by atoms with E-state index in [1.165, 1.54) is 5.56 Å². The average molecular weight is 337 g/mol. The van der Waals surface area contributed by atoms with Crippen molar-refractivity contribution in [3.05, 3.63) is 70.3 Å². The summed E-state index contributed by atoms with van der Waals surface area (Å²) >= 11 is 1.59. The fourth-order valence-corrected chi connectivity index (χ4v) is 3.22. The molecule has 0 atom stereocenters. The first-order chi connectivity index (χ1) is 11.7. The number of amides is 1. The van der Waals surface area contributed by atoms with Crippen LogP contribution in [0.1, 0.15) is 22.6 Å². The Morgan fingerprint density at radius 2 is 2.04 bits per heavy atom. The van der Waals surface area contributed by atoms with Gasteiger partial charge in [-0.3, -0.25) is 9.78 Å². The molecule has 1 N–H and O–H groups in total. The molecular weight excluding hydrogens is 318 g/mol. The van der Waals surface area contributed by atoms with E-state index in [0.717, 1.165) is 21.8 Å². The molecule has 0 bridgehead atoms. The minimum Gasteiger partial charge on any atom is -0.352 e. The first kappa shape index (κ1) is 16.3. The molecule has 0 saturated carbocycles. The maximum absolute atomic E-state index is 12.0. The van der Waals surface area contributed by atoms with E-state index in [-0.39, 0.29) is 5.91 Å². The number of carbonyl (C=O) groups is 1. The van der Waals surface area contributed by atoms with Crippen LogP contribution in [-0.2, 0) is 17.8 Å². The predicted molar refractivity (Wildman–Crippen MR) is 96.7 cm³/mol. The predicted octanol–water partition coefficient (Wildman–Crippen LogP) is 3.76. The van der Waals surface area contributed by atoms with Crippen molar-refractivity contribution in [3.8, 4) is 11.3 Å². The van der Waals surface area contributed by atoms with Crippen LogP contribution in [0.2, 0.25) is 0 Å². The van der Waals surface area contributed by atoms with Crippen molar-refractivity contribution in [3.63, 3.8) is 0 Å². The number of hydrogen-bond donors (Lipinski definition) is 1. The number of carbonyl (C=O) groups excluding carboxylic acids is 1. The average Bonchev–Trinajstić information content (AvgIpc) is 3.08. The van der Waals surface area contributed by atoms with Crippen molar-refractivity contribution in [2.24, 2.45) is 0 Å². The fraction of sp³-hybridized carbons (Fsp3) is 0.211. The van der Waals surface area contributed by atoms with Crippen LogP contribution in [0.15, 0.2) is 54.2 Å². The summed E-state index contributed by atoms with van der Waals surface area (Å²) in [4.78, 5) is 20.6. The highest BCUT2D eigenvalue weighted by molar-refractivity contribution is 7.09. The van der Waals surface area contributed by atoms with Crippen molar-refractivity contribution in [1.29, 1.82) is 0 Å². The largest absolute Gasteiger partial charge is 0.352 e. The molecule has 0 aliphatic heterocycles. The van der Waals surface area contributed by atoms with Gasteiger partial charge in [0.15, 0.2) is 0 Å². The minimum atomic E-state index is 0.0529. The van der Waals surface area contributed by atoms with E-state index in [2.05, 4.69) is 21.4 Å². The number of aromatic nitrogens is 2. The van der Waals surface area contributed by atoms with Gasteiger partial charge in [0.1, 0.15) is 0 Å². The van der Waals surface area contributed by atoms with E-state index in [0.29, 0.717) is 19.4 Å². The van der Waals surface area contributed by atoms with Crippen LogP contribution in [0.5, 0.6) is 0 Å².